The van der Waals surface area contributed by atoms with Crippen LogP contribution in [-0.2, 0) is 7.05 Å². The van der Waals surface area contributed by atoms with Gasteiger partial charge in [-0.25, -0.2) is 4.98 Å². The molecule has 0 amide bonds. The van der Waals surface area contributed by atoms with Crippen molar-refractivity contribution in [1.82, 2.24) is 14.5 Å². The Hall–Kier alpha value is -1.34. The molecule has 1 saturated heterocycles. The minimum atomic E-state index is -0.0475. The van der Waals surface area contributed by atoms with E-state index < -0.39 is 0 Å². The first-order valence-corrected chi connectivity index (χ1v) is 5.77. The molecule has 16 heavy (non-hydrogen) atoms. The van der Waals surface area contributed by atoms with Crippen molar-refractivity contribution in [2.75, 3.05) is 20.1 Å². The fourth-order valence-electron chi connectivity index (χ4n) is 2.41. The van der Waals surface area contributed by atoms with Gasteiger partial charge in [-0.2, -0.15) is 5.26 Å². The van der Waals surface area contributed by atoms with Crippen molar-refractivity contribution < 1.29 is 0 Å². The van der Waals surface area contributed by atoms with Crippen molar-refractivity contribution in [3.05, 3.63) is 18.2 Å². The number of nitriles is 1. The zero-order valence-electron chi connectivity index (χ0n) is 9.93. The number of hydrogen-bond donors (Lipinski definition) is 0. The second kappa shape index (κ2) is 4.67. The van der Waals surface area contributed by atoms with E-state index in [4.69, 9.17) is 0 Å². The lowest BCUT2D eigenvalue weighted by molar-refractivity contribution is 0.207. The highest BCUT2D eigenvalue weighted by molar-refractivity contribution is 5.12. The van der Waals surface area contributed by atoms with Crippen molar-refractivity contribution in [3.63, 3.8) is 0 Å². The quantitative estimate of drug-likeness (QED) is 0.753. The van der Waals surface area contributed by atoms with Crippen LogP contribution in [0.4, 0.5) is 0 Å². The van der Waals surface area contributed by atoms with Crippen LogP contribution in [0.2, 0.25) is 0 Å². The minimum absolute atomic E-state index is 0.0475. The molecule has 1 aromatic rings. The van der Waals surface area contributed by atoms with Gasteiger partial charge in [-0.3, -0.25) is 0 Å². The van der Waals surface area contributed by atoms with Crippen molar-refractivity contribution in [1.29, 1.82) is 5.26 Å². The maximum atomic E-state index is 9.32. The molecule has 4 heteroatoms. The summed E-state index contributed by atoms with van der Waals surface area (Å²) >= 11 is 0. The molecule has 86 valence electrons. The van der Waals surface area contributed by atoms with Gasteiger partial charge in [-0.05, 0) is 38.9 Å². The first-order valence-electron chi connectivity index (χ1n) is 5.77. The number of likely N-dealkylation sites (tertiary alicyclic amines) is 1. The van der Waals surface area contributed by atoms with E-state index in [1.54, 1.807) is 6.20 Å². The van der Waals surface area contributed by atoms with Crippen LogP contribution in [-0.4, -0.2) is 34.6 Å². The third-order valence-corrected chi connectivity index (χ3v) is 3.51. The van der Waals surface area contributed by atoms with Crippen molar-refractivity contribution >= 4 is 0 Å². The normalized spacial score (nSPS) is 20.6. The highest BCUT2D eigenvalue weighted by Gasteiger charge is 2.28. The Balaban J connectivity index is 2.12. The van der Waals surface area contributed by atoms with Gasteiger partial charge in [0, 0.05) is 19.4 Å². The molecule has 1 aliphatic heterocycles. The summed E-state index contributed by atoms with van der Waals surface area (Å²) in [5, 5.41) is 9.32. The summed E-state index contributed by atoms with van der Waals surface area (Å²) in [4.78, 5) is 6.63. The molecule has 2 heterocycles. The molecule has 0 N–H and O–H groups in total. The molecular formula is C12H18N4. The van der Waals surface area contributed by atoms with Crippen LogP contribution in [0, 0.1) is 17.2 Å². The van der Waals surface area contributed by atoms with E-state index in [9.17, 15) is 5.26 Å². The average Bonchev–Trinajstić information content (AvgIpc) is 2.69. The topological polar surface area (TPSA) is 44.9 Å². The Kier molecular flexibility index (Phi) is 3.25. The molecule has 1 aromatic heterocycles. The summed E-state index contributed by atoms with van der Waals surface area (Å²) in [7, 11) is 4.10. The number of imidazole rings is 1. The monoisotopic (exact) mass is 218 g/mol. The average molecular weight is 218 g/mol. The van der Waals surface area contributed by atoms with Crippen molar-refractivity contribution in [2.24, 2.45) is 13.0 Å². The van der Waals surface area contributed by atoms with Gasteiger partial charge in [0.1, 0.15) is 11.7 Å². The Bertz CT molecular complexity index is 382. The predicted molar refractivity (Wildman–Crippen MR) is 61.8 cm³/mol. The van der Waals surface area contributed by atoms with Crippen molar-refractivity contribution in [3.8, 4) is 6.07 Å². The van der Waals surface area contributed by atoms with Gasteiger partial charge in [0.05, 0.1) is 6.07 Å². The van der Waals surface area contributed by atoms with Crippen LogP contribution < -0.4 is 0 Å². The molecule has 0 spiro atoms. The summed E-state index contributed by atoms with van der Waals surface area (Å²) in [6, 6.07) is 2.43. The smallest absolute Gasteiger partial charge is 0.126 e. The van der Waals surface area contributed by atoms with Crippen LogP contribution >= 0.6 is 0 Å². The number of aryl methyl sites for hydroxylation is 1. The lowest BCUT2D eigenvalue weighted by Crippen LogP contribution is -2.33. The Morgan fingerprint density at radius 2 is 2.12 bits per heavy atom. The maximum absolute atomic E-state index is 9.32. The molecule has 1 atom stereocenters. The fourth-order valence-corrected chi connectivity index (χ4v) is 2.41. The zero-order chi connectivity index (χ0) is 11.5. The summed E-state index contributed by atoms with van der Waals surface area (Å²) < 4.78 is 1.96. The van der Waals surface area contributed by atoms with E-state index in [0.717, 1.165) is 31.8 Å². The van der Waals surface area contributed by atoms with Gasteiger partial charge in [0.2, 0.25) is 0 Å². The van der Waals surface area contributed by atoms with E-state index in [1.165, 1.54) is 0 Å². The van der Waals surface area contributed by atoms with Gasteiger partial charge in [-0.15, -0.1) is 0 Å². The number of rotatable bonds is 2. The Morgan fingerprint density at radius 3 is 2.62 bits per heavy atom. The van der Waals surface area contributed by atoms with Crippen LogP contribution in [0.1, 0.15) is 24.6 Å². The molecule has 4 nitrogen and oxygen atoms in total. The Labute approximate surface area is 96.5 Å². The van der Waals surface area contributed by atoms with E-state index >= 15 is 0 Å². The molecule has 2 rings (SSSR count). The predicted octanol–water partition coefficient (Wildman–Crippen LogP) is 1.37. The van der Waals surface area contributed by atoms with Crippen LogP contribution in [0.15, 0.2) is 12.4 Å². The molecule has 0 saturated carbocycles. The highest BCUT2D eigenvalue weighted by atomic mass is 15.1. The van der Waals surface area contributed by atoms with E-state index in [1.807, 2.05) is 17.8 Å². The highest BCUT2D eigenvalue weighted by Crippen LogP contribution is 2.30. The second-order valence-electron chi connectivity index (χ2n) is 4.64. The van der Waals surface area contributed by atoms with Gasteiger partial charge in [0.25, 0.3) is 0 Å². The van der Waals surface area contributed by atoms with Crippen molar-refractivity contribution in [2.45, 2.75) is 18.8 Å². The minimum Gasteiger partial charge on any atom is -0.337 e. The summed E-state index contributed by atoms with van der Waals surface area (Å²) in [6.45, 7) is 2.18. The van der Waals surface area contributed by atoms with Crippen LogP contribution in [0.3, 0.4) is 0 Å². The summed E-state index contributed by atoms with van der Waals surface area (Å²) in [5.41, 5.74) is 0. The maximum Gasteiger partial charge on any atom is 0.126 e. The van der Waals surface area contributed by atoms with Gasteiger partial charge in [-0.1, -0.05) is 0 Å². The number of piperidine rings is 1. The fraction of sp³-hybridized carbons (Fsp3) is 0.667. The van der Waals surface area contributed by atoms with E-state index in [2.05, 4.69) is 23.0 Å². The second-order valence-corrected chi connectivity index (χ2v) is 4.64. The molecule has 1 aliphatic rings. The molecule has 0 bridgehead atoms. The van der Waals surface area contributed by atoms with E-state index in [0.29, 0.717) is 5.92 Å². The van der Waals surface area contributed by atoms with Crippen LogP contribution in [0.5, 0.6) is 0 Å². The molecule has 0 radical (unpaired) electrons. The largest absolute Gasteiger partial charge is 0.337 e. The molecule has 0 aromatic carbocycles. The van der Waals surface area contributed by atoms with Gasteiger partial charge >= 0.3 is 0 Å². The van der Waals surface area contributed by atoms with Gasteiger partial charge in [0.15, 0.2) is 0 Å². The van der Waals surface area contributed by atoms with Gasteiger partial charge < -0.3 is 9.47 Å². The molecule has 1 unspecified atom stereocenters. The first-order chi connectivity index (χ1) is 7.72. The first kappa shape index (κ1) is 11.2. The Morgan fingerprint density at radius 1 is 1.44 bits per heavy atom. The number of nitrogens with zero attached hydrogens (tertiary/aromatic N) is 4. The standard InChI is InChI=1S/C12H18N4/c1-15-6-3-10(4-7-15)11(9-13)12-14-5-8-16(12)2/h5,8,10-11H,3-4,6-7H2,1-2H3. The third-order valence-electron chi connectivity index (χ3n) is 3.51. The molecule has 0 aliphatic carbocycles. The summed E-state index contributed by atoms with van der Waals surface area (Å²) in [5.74, 6) is 1.33. The summed E-state index contributed by atoms with van der Waals surface area (Å²) in [6.07, 6.45) is 5.88. The molecular weight excluding hydrogens is 200 g/mol. The van der Waals surface area contributed by atoms with E-state index in [-0.39, 0.29) is 5.92 Å². The zero-order valence-corrected chi connectivity index (χ0v) is 9.93. The lowest BCUT2D eigenvalue weighted by Gasteiger charge is -2.31. The third kappa shape index (κ3) is 2.10. The number of aromatic nitrogens is 2. The number of hydrogen-bond acceptors (Lipinski definition) is 3. The van der Waals surface area contributed by atoms with Crippen LogP contribution in [0.25, 0.3) is 0 Å². The molecule has 1 fully saturated rings. The lowest BCUT2D eigenvalue weighted by atomic mass is 9.84. The SMILES string of the molecule is CN1CCC(C(C#N)c2nccn2C)CC1.